The van der Waals surface area contributed by atoms with Gasteiger partial charge in [-0.25, -0.2) is 5.32 Å². The van der Waals surface area contributed by atoms with Crippen molar-refractivity contribution < 1.29 is 0 Å². The van der Waals surface area contributed by atoms with Crippen LogP contribution < -0.4 is 5.32 Å². The number of para-hydroxylation sites is 1. The minimum absolute atomic E-state index is 0.984. The number of hydrogen-bond acceptors (Lipinski definition) is 0. The van der Waals surface area contributed by atoms with Crippen molar-refractivity contribution >= 4 is 32.9 Å². The zero-order valence-corrected chi connectivity index (χ0v) is 11.5. The molecule has 0 aliphatic carbocycles. The van der Waals surface area contributed by atoms with Gasteiger partial charge < -0.3 is 0 Å². The molecule has 0 saturated carbocycles. The first-order chi connectivity index (χ1) is 10.4. The van der Waals surface area contributed by atoms with E-state index >= 15 is 0 Å². The highest BCUT2D eigenvalue weighted by molar-refractivity contribution is 6.10. The number of fused-ring (bicyclic) bond motifs is 3. The molecule has 0 aliphatic rings. The fourth-order valence-corrected chi connectivity index (χ4v) is 2.76. The van der Waals surface area contributed by atoms with Crippen molar-refractivity contribution in [2.75, 3.05) is 0 Å². The fraction of sp³-hybridized carbons (Fsp3) is 0. The third kappa shape index (κ3) is 2.13. The summed E-state index contributed by atoms with van der Waals surface area (Å²) >= 11 is 0. The minimum atomic E-state index is 0.984. The van der Waals surface area contributed by atoms with E-state index in [-0.39, 0.29) is 0 Å². The van der Waals surface area contributed by atoms with Gasteiger partial charge in [-0.15, -0.1) is 0 Å². The number of benzene rings is 4. The van der Waals surface area contributed by atoms with Crippen LogP contribution in [0, 0.1) is 0 Å². The van der Waals surface area contributed by atoms with Gasteiger partial charge in [-0.1, -0.05) is 66.7 Å². The second-order valence-corrected chi connectivity index (χ2v) is 5.11. The molecule has 0 amide bonds. The van der Waals surface area contributed by atoms with Crippen LogP contribution in [0.2, 0.25) is 0 Å². The predicted molar refractivity (Wildman–Crippen MR) is 89.4 cm³/mol. The van der Waals surface area contributed by atoms with Crippen molar-refractivity contribution in [2.45, 2.75) is 0 Å². The average Bonchev–Trinajstić information content (AvgIpc) is 2.56. The molecule has 21 heavy (non-hydrogen) atoms. The summed E-state index contributed by atoms with van der Waals surface area (Å²) < 4.78 is 0. The van der Waals surface area contributed by atoms with E-state index < -0.39 is 0 Å². The summed E-state index contributed by atoms with van der Waals surface area (Å²) in [6, 6.07) is 29.2. The lowest BCUT2D eigenvalue weighted by Gasteiger charge is -2.09. The van der Waals surface area contributed by atoms with Crippen LogP contribution in [0.25, 0.3) is 21.5 Å². The smallest absolute Gasteiger partial charge is 0.0715 e. The molecular weight excluding hydrogens is 254 g/mol. The van der Waals surface area contributed by atoms with E-state index in [0.29, 0.717) is 0 Å². The van der Waals surface area contributed by atoms with E-state index in [1.807, 2.05) is 30.3 Å². The summed E-state index contributed by atoms with van der Waals surface area (Å²) in [6.07, 6.45) is 0. The molecule has 1 radical (unpaired) electrons. The SMILES string of the molecule is c1ccc([N]c2cccc3c2ccc2ccccc23)cc1. The largest absolute Gasteiger partial charge is 0.248 e. The maximum Gasteiger partial charge on any atom is 0.0715 e. The van der Waals surface area contributed by atoms with Crippen LogP contribution in [0.4, 0.5) is 11.4 Å². The van der Waals surface area contributed by atoms with Crippen molar-refractivity contribution in [1.82, 2.24) is 5.32 Å². The van der Waals surface area contributed by atoms with Gasteiger partial charge in [-0.3, -0.25) is 0 Å². The predicted octanol–water partition coefficient (Wildman–Crippen LogP) is 5.56. The Morgan fingerprint density at radius 1 is 0.476 bits per heavy atom. The summed E-state index contributed by atoms with van der Waals surface area (Å²) in [4.78, 5) is 0. The Kier molecular flexibility index (Phi) is 2.82. The molecule has 0 N–H and O–H groups in total. The summed E-state index contributed by atoms with van der Waals surface area (Å²) in [7, 11) is 0. The van der Waals surface area contributed by atoms with Gasteiger partial charge in [-0.2, -0.15) is 0 Å². The molecule has 0 unspecified atom stereocenters. The first-order valence-electron chi connectivity index (χ1n) is 7.09. The number of hydrogen-bond donors (Lipinski definition) is 0. The molecule has 4 aromatic carbocycles. The quantitative estimate of drug-likeness (QED) is 0.422. The number of rotatable bonds is 2. The third-order valence-corrected chi connectivity index (χ3v) is 3.77. The molecule has 0 aliphatic heterocycles. The summed E-state index contributed by atoms with van der Waals surface area (Å²) in [5, 5.41) is 9.77. The van der Waals surface area contributed by atoms with Crippen molar-refractivity contribution in [3.63, 3.8) is 0 Å². The second-order valence-electron chi connectivity index (χ2n) is 5.11. The lowest BCUT2D eigenvalue weighted by molar-refractivity contribution is 1.20. The van der Waals surface area contributed by atoms with Crippen molar-refractivity contribution in [3.05, 3.63) is 84.9 Å². The Bertz CT molecular complexity index is 910. The molecular formula is C20H14N. The van der Waals surface area contributed by atoms with E-state index in [1.165, 1.54) is 21.5 Å². The normalized spacial score (nSPS) is 10.9. The van der Waals surface area contributed by atoms with Crippen LogP contribution in [0.5, 0.6) is 0 Å². The highest BCUT2D eigenvalue weighted by Gasteiger charge is 2.05. The van der Waals surface area contributed by atoms with Gasteiger partial charge in [0, 0.05) is 5.39 Å². The summed E-state index contributed by atoms with van der Waals surface area (Å²) in [6.45, 7) is 0. The zero-order valence-electron chi connectivity index (χ0n) is 11.5. The first-order valence-corrected chi connectivity index (χ1v) is 7.09. The Morgan fingerprint density at radius 3 is 2.14 bits per heavy atom. The Balaban J connectivity index is 1.92. The van der Waals surface area contributed by atoms with Gasteiger partial charge in [0.1, 0.15) is 0 Å². The molecule has 0 heterocycles. The highest BCUT2D eigenvalue weighted by Crippen LogP contribution is 2.31. The van der Waals surface area contributed by atoms with Crippen molar-refractivity contribution in [1.29, 1.82) is 0 Å². The lowest BCUT2D eigenvalue weighted by atomic mass is 10.0. The van der Waals surface area contributed by atoms with Crippen LogP contribution in [0.15, 0.2) is 84.9 Å². The molecule has 0 aromatic heterocycles. The van der Waals surface area contributed by atoms with E-state index in [4.69, 9.17) is 5.32 Å². The molecule has 1 nitrogen and oxygen atoms in total. The molecule has 4 rings (SSSR count). The monoisotopic (exact) mass is 268 g/mol. The van der Waals surface area contributed by atoms with E-state index in [2.05, 4.69) is 54.6 Å². The maximum atomic E-state index is 4.78. The van der Waals surface area contributed by atoms with Crippen LogP contribution in [-0.4, -0.2) is 0 Å². The lowest BCUT2D eigenvalue weighted by Crippen LogP contribution is -1.90. The molecule has 4 aromatic rings. The Morgan fingerprint density at radius 2 is 1.24 bits per heavy atom. The summed E-state index contributed by atoms with van der Waals surface area (Å²) in [5.41, 5.74) is 2.00. The van der Waals surface area contributed by atoms with Crippen LogP contribution >= 0.6 is 0 Å². The summed E-state index contributed by atoms with van der Waals surface area (Å²) in [5.74, 6) is 0. The Labute approximate surface area is 123 Å². The molecule has 0 bridgehead atoms. The van der Waals surface area contributed by atoms with Crippen LogP contribution in [-0.2, 0) is 0 Å². The van der Waals surface area contributed by atoms with Crippen molar-refractivity contribution in [3.8, 4) is 0 Å². The van der Waals surface area contributed by atoms with E-state index in [9.17, 15) is 0 Å². The molecule has 0 spiro atoms. The van der Waals surface area contributed by atoms with E-state index in [1.54, 1.807) is 0 Å². The topological polar surface area (TPSA) is 14.1 Å². The first kappa shape index (κ1) is 12.0. The van der Waals surface area contributed by atoms with Crippen molar-refractivity contribution in [2.24, 2.45) is 0 Å². The Hall–Kier alpha value is -2.80. The second kappa shape index (κ2) is 4.95. The average molecular weight is 268 g/mol. The van der Waals surface area contributed by atoms with Gasteiger partial charge in [-0.05, 0) is 34.4 Å². The van der Waals surface area contributed by atoms with Gasteiger partial charge in [0.25, 0.3) is 0 Å². The van der Waals surface area contributed by atoms with Gasteiger partial charge in [0.05, 0.1) is 11.4 Å². The fourth-order valence-electron chi connectivity index (χ4n) is 2.76. The van der Waals surface area contributed by atoms with E-state index in [0.717, 1.165) is 11.4 Å². The third-order valence-electron chi connectivity index (χ3n) is 3.77. The van der Waals surface area contributed by atoms with Gasteiger partial charge in [0.2, 0.25) is 0 Å². The maximum absolute atomic E-state index is 4.78. The molecule has 0 saturated heterocycles. The zero-order chi connectivity index (χ0) is 14.1. The van der Waals surface area contributed by atoms with Crippen LogP contribution in [0.3, 0.4) is 0 Å². The highest BCUT2D eigenvalue weighted by atomic mass is 14.9. The van der Waals surface area contributed by atoms with Crippen LogP contribution in [0.1, 0.15) is 0 Å². The molecule has 0 fully saturated rings. The van der Waals surface area contributed by atoms with Gasteiger partial charge >= 0.3 is 0 Å². The molecule has 1 heteroatoms. The standard InChI is InChI=1S/C20H14N/c1-2-8-16(9-3-1)21-20-12-6-11-18-17-10-5-4-7-15(17)13-14-19(18)20/h1-14H. The minimum Gasteiger partial charge on any atom is -0.248 e. The number of nitrogens with zero attached hydrogens (tertiary/aromatic N) is 1. The molecule has 0 atom stereocenters. The molecule has 99 valence electrons. The van der Waals surface area contributed by atoms with Gasteiger partial charge in [0.15, 0.2) is 0 Å².